The maximum absolute atomic E-state index is 12.6. The van der Waals surface area contributed by atoms with Crippen molar-refractivity contribution in [2.75, 3.05) is 53.2 Å². The van der Waals surface area contributed by atoms with Crippen molar-refractivity contribution in [3.05, 3.63) is 0 Å². The highest BCUT2D eigenvalue weighted by Gasteiger charge is 2.22. The van der Waals surface area contributed by atoms with Crippen LogP contribution < -0.4 is 10.6 Å². The summed E-state index contributed by atoms with van der Waals surface area (Å²) in [7, 11) is 1.70. The Bertz CT molecular complexity index is 854. The van der Waals surface area contributed by atoms with E-state index in [1.54, 1.807) is 7.11 Å². The third kappa shape index (κ3) is 39.2. The maximum Gasteiger partial charge on any atom is 0.407 e. The van der Waals surface area contributed by atoms with E-state index in [1.165, 1.54) is 141 Å². The second kappa shape index (κ2) is 38.1. The number of rotatable bonds is 42. The first kappa shape index (κ1) is 53.6. The van der Waals surface area contributed by atoms with Crippen LogP contribution >= 0.6 is 0 Å². The van der Waals surface area contributed by atoms with Gasteiger partial charge in [-0.15, -0.1) is 0 Å². The van der Waals surface area contributed by atoms with Crippen LogP contribution in [0.25, 0.3) is 0 Å². The molecule has 328 valence electrons. The number of unbranched alkanes of at least 4 members (excludes halogenated alkanes) is 22. The SMILES string of the molecule is CCCCCCCCCCCCCCOC[C@H](CNC(=O)CCNC(=O)OCCC(C)(C)OCCC(C)(C)OC)OCCCCCCCCCCCCCC. The normalized spacial score (nSPS) is 12.6. The summed E-state index contributed by atoms with van der Waals surface area (Å²) in [6.07, 6.45) is 32.4. The Balaban J connectivity index is 4.32. The highest BCUT2D eigenvalue weighted by molar-refractivity contribution is 5.77. The molecule has 0 fully saturated rings. The van der Waals surface area contributed by atoms with Gasteiger partial charge in [0.25, 0.3) is 0 Å². The number of carbonyl (C=O) groups excluding carboxylic acids is 2. The van der Waals surface area contributed by atoms with E-state index >= 15 is 0 Å². The van der Waals surface area contributed by atoms with Crippen LogP contribution in [0.4, 0.5) is 4.79 Å². The summed E-state index contributed by atoms with van der Waals surface area (Å²) in [4.78, 5) is 24.8. The van der Waals surface area contributed by atoms with Crippen LogP contribution in [0, 0.1) is 0 Å². The lowest BCUT2D eigenvalue weighted by Gasteiger charge is -2.28. The van der Waals surface area contributed by atoms with Crippen molar-refractivity contribution in [2.24, 2.45) is 0 Å². The summed E-state index contributed by atoms with van der Waals surface area (Å²) in [5.74, 6) is -0.131. The summed E-state index contributed by atoms with van der Waals surface area (Å²) in [5.41, 5.74) is -0.663. The van der Waals surface area contributed by atoms with Crippen LogP contribution in [-0.4, -0.2) is 82.5 Å². The van der Waals surface area contributed by atoms with Crippen LogP contribution in [0.3, 0.4) is 0 Å². The number of amides is 2. The largest absolute Gasteiger partial charge is 0.449 e. The van der Waals surface area contributed by atoms with Gasteiger partial charge in [-0.2, -0.15) is 0 Å². The van der Waals surface area contributed by atoms with E-state index in [2.05, 4.69) is 24.5 Å². The Morgan fingerprint density at radius 2 is 1.00 bits per heavy atom. The quantitative estimate of drug-likeness (QED) is 0.0594. The van der Waals surface area contributed by atoms with E-state index < -0.39 is 11.7 Å². The molecule has 0 aliphatic rings. The van der Waals surface area contributed by atoms with Crippen molar-refractivity contribution in [3.8, 4) is 0 Å². The molecule has 0 aromatic carbocycles. The van der Waals surface area contributed by atoms with E-state index in [1.807, 2.05) is 27.7 Å². The van der Waals surface area contributed by atoms with E-state index in [0.717, 1.165) is 25.9 Å². The van der Waals surface area contributed by atoms with E-state index in [9.17, 15) is 9.59 Å². The Kier molecular flexibility index (Phi) is 37.1. The van der Waals surface area contributed by atoms with Gasteiger partial charge in [0.15, 0.2) is 0 Å². The number of hydrogen-bond acceptors (Lipinski definition) is 7. The van der Waals surface area contributed by atoms with Crippen LogP contribution in [0.2, 0.25) is 0 Å². The predicted molar refractivity (Wildman–Crippen MR) is 230 cm³/mol. The molecule has 0 bridgehead atoms. The van der Waals surface area contributed by atoms with Crippen molar-refractivity contribution < 1.29 is 33.3 Å². The maximum atomic E-state index is 12.6. The van der Waals surface area contributed by atoms with Crippen LogP contribution in [0.5, 0.6) is 0 Å². The third-order valence-electron chi connectivity index (χ3n) is 10.6. The first-order chi connectivity index (χ1) is 26.5. The van der Waals surface area contributed by atoms with Gasteiger partial charge in [0.05, 0.1) is 37.1 Å². The van der Waals surface area contributed by atoms with Gasteiger partial charge in [0, 0.05) is 46.3 Å². The molecule has 0 spiro atoms. The molecule has 0 rings (SSSR count). The molecule has 0 unspecified atom stereocenters. The van der Waals surface area contributed by atoms with Crippen molar-refractivity contribution in [1.29, 1.82) is 0 Å². The topological polar surface area (TPSA) is 104 Å². The molecule has 1 atom stereocenters. The van der Waals surface area contributed by atoms with Crippen LogP contribution in [-0.2, 0) is 28.5 Å². The zero-order valence-corrected chi connectivity index (χ0v) is 37.5. The molecule has 0 aromatic rings. The molecular formula is C46H92N2O7. The molecule has 55 heavy (non-hydrogen) atoms. The molecule has 9 nitrogen and oxygen atoms in total. The van der Waals surface area contributed by atoms with Gasteiger partial charge in [0.1, 0.15) is 0 Å². The lowest BCUT2D eigenvalue weighted by atomic mass is 10.0. The fourth-order valence-electron chi connectivity index (χ4n) is 6.40. The average molecular weight is 785 g/mol. The zero-order chi connectivity index (χ0) is 40.7. The van der Waals surface area contributed by atoms with Crippen molar-refractivity contribution in [1.82, 2.24) is 10.6 Å². The predicted octanol–water partition coefficient (Wildman–Crippen LogP) is 12.0. The molecule has 0 radical (unpaired) electrons. The van der Waals surface area contributed by atoms with Gasteiger partial charge in [-0.3, -0.25) is 4.79 Å². The highest BCUT2D eigenvalue weighted by atomic mass is 16.6. The molecule has 0 saturated carbocycles. The van der Waals surface area contributed by atoms with Crippen molar-refractivity contribution in [3.63, 3.8) is 0 Å². The fraction of sp³-hybridized carbons (Fsp3) is 0.957. The second-order valence-corrected chi connectivity index (χ2v) is 17.0. The number of alkyl carbamates (subject to hydrolysis) is 1. The molecule has 2 N–H and O–H groups in total. The summed E-state index contributed by atoms with van der Waals surface area (Å²) in [6.45, 7) is 15.9. The Labute approximate surface area is 340 Å². The monoisotopic (exact) mass is 785 g/mol. The molecule has 9 heteroatoms. The number of hydrogen-bond donors (Lipinski definition) is 2. The van der Waals surface area contributed by atoms with Crippen LogP contribution in [0.15, 0.2) is 0 Å². The minimum Gasteiger partial charge on any atom is -0.449 e. The van der Waals surface area contributed by atoms with Crippen molar-refractivity contribution >= 4 is 12.0 Å². The second-order valence-electron chi connectivity index (χ2n) is 17.0. The summed E-state index contributed by atoms with van der Waals surface area (Å²) < 4.78 is 29.0. The van der Waals surface area contributed by atoms with Gasteiger partial charge < -0.3 is 34.3 Å². The average Bonchev–Trinajstić information content (AvgIpc) is 3.15. The minimum absolute atomic E-state index is 0.131. The highest BCUT2D eigenvalue weighted by Crippen LogP contribution is 2.19. The van der Waals surface area contributed by atoms with Crippen molar-refractivity contribution in [2.45, 2.75) is 232 Å². The van der Waals surface area contributed by atoms with Gasteiger partial charge in [-0.1, -0.05) is 155 Å². The Morgan fingerprint density at radius 1 is 0.545 bits per heavy atom. The summed E-state index contributed by atoms with van der Waals surface area (Å²) in [5, 5.41) is 5.67. The van der Waals surface area contributed by atoms with E-state index in [-0.39, 0.29) is 37.2 Å². The molecule has 0 saturated heterocycles. The van der Waals surface area contributed by atoms with Gasteiger partial charge in [-0.25, -0.2) is 4.79 Å². The van der Waals surface area contributed by atoms with E-state index in [0.29, 0.717) is 32.8 Å². The van der Waals surface area contributed by atoms with Gasteiger partial charge in [-0.05, 0) is 47.0 Å². The number of nitrogens with one attached hydrogen (secondary N) is 2. The molecule has 0 aliphatic carbocycles. The lowest BCUT2D eigenvalue weighted by Crippen LogP contribution is -2.38. The number of methoxy groups -OCH3 is 1. The first-order valence-electron chi connectivity index (χ1n) is 23.1. The molecule has 0 heterocycles. The van der Waals surface area contributed by atoms with Crippen LogP contribution in [0.1, 0.15) is 215 Å². The summed E-state index contributed by atoms with van der Waals surface area (Å²) in [6, 6.07) is 0. The number of carbonyl (C=O) groups is 2. The number of ether oxygens (including phenoxy) is 5. The zero-order valence-electron chi connectivity index (χ0n) is 37.5. The Morgan fingerprint density at radius 3 is 1.49 bits per heavy atom. The smallest absolute Gasteiger partial charge is 0.407 e. The van der Waals surface area contributed by atoms with Gasteiger partial charge >= 0.3 is 6.09 Å². The molecular weight excluding hydrogens is 693 g/mol. The van der Waals surface area contributed by atoms with Gasteiger partial charge in [0.2, 0.25) is 5.91 Å². The fourth-order valence-corrected chi connectivity index (χ4v) is 6.40. The molecule has 2 amide bonds. The lowest BCUT2D eigenvalue weighted by molar-refractivity contribution is -0.122. The molecule has 0 aromatic heterocycles. The minimum atomic E-state index is -0.529. The first-order valence-corrected chi connectivity index (χ1v) is 23.1. The molecule has 0 aliphatic heterocycles. The Hall–Kier alpha value is -1.42. The summed E-state index contributed by atoms with van der Waals surface area (Å²) >= 11 is 0. The van der Waals surface area contributed by atoms with E-state index in [4.69, 9.17) is 23.7 Å². The third-order valence-corrected chi connectivity index (χ3v) is 10.6. The standard InChI is InChI=1S/C46H92N2O7/c1-8-10-12-14-16-18-20-22-24-26-28-30-36-52-41-42(53-37-31-29-27-25-23-21-19-17-15-13-11-9-2)40-48-43(49)32-35-47-44(50)54-38-33-46(5,6)55-39-34-45(3,4)51-7/h42H,8-41H2,1-7H3,(H,47,50)(H,48,49)/t42-/m0/s1.